The average Bonchev–Trinajstić information content (AvgIpc) is 3.21. The molecule has 3 heterocycles. The van der Waals surface area contributed by atoms with E-state index in [0.717, 1.165) is 5.56 Å². The van der Waals surface area contributed by atoms with E-state index in [1.807, 2.05) is 12.1 Å². The lowest BCUT2D eigenvalue weighted by atomic mass is 10.2. The zero-order valence-corrected chi connectivity index (χ0v) is 12.6. The predicted octanol–water partition coefficient (Wildman–Crippen LogP) is 2.61. The maximum absolute atomic E-state index is 12.3. The van der Waals surface area contributed by atoms with Gasteiger partial charge >= 0.3 is 0 Å². The summed E-state index contributed by atoms with van der Waals surface area (Å²) in [4.78, 5) is 17.3. The summed E-state index contributed by atoms with van der Waals surface area (Å²) in [6.07, 6.45) is 3.25. The molecule has 3 aromatic heterocycles. The molecule has 0 amide bonds. The van der Waals surface area contributed by atoms with E-state index in [1.165, 1.54) is 15.9 Å². The van der Waals surface area contributed by atoms with Crippen LogP contribution in [0.4, 0.5) is 0 Å². The van der Waals surface area contributed by atoms with Crippen LogP contribution in [0.2, 0.25) is 5.02 Å². The lowest BCUT2D eigenvalue weighted by Gasteiger charge is -1.93. The van der Waals surface area contributed by atoms with Crippen LogP contribution < -0.4 is 10.1 Å². The number of hydrogen-bond acceptors (Lipinski definition) is 5. The number of rotatable bonds is 2. The molecule has 0 fully saturated rings. The van der Waals surface area contributed by atoms with Crippen LogP contribution in [0.5, 0.6) is 0 Å². The van der Waals surface area contributed by atoms with Crippen molar-refractivity contribution in [3.63, 3.8) is 0 Å². The summed E-state index contributed by atoms with van der Waals surface area (Å²) in [5, 5.41) is 4.92. The number of nitrogens with zero attached hydrogens (tertiary/aromatic N) is 3. The highest BCUT2D eigenvalue weighted by molar-refractivity contribution is 7.15. The summed E-state index contributed by atoms with van der Waals surface area (Å²) in [5.74, 6) is 1.13. The van der Waals surface area contributed by atoms with Crippen LogP contribution in [0.1, 0.15) is 5.76 Å². The van der Waals surface area contributed by atoms with Gasteiger partial charge in [0.15, 0.2) is 5.82 Å². The Labute approximate surface area is 133 Å². The number of aromatic nitrogens is 3. The second-order valence-electron chi connectivity index (χ2n) is 4.57. The number of furan rings is 1. The van der Waals surface area contributed by atoms with E-state index < -0.39 is 0 Å². The Morgan fingerprint density at radius 1 is 1.23 bits per heavy atom. The monoisotopic (exact) mass is 329 g/mol. The van der Waals surface area contributed by atoms with Crippen LogP contribution in [-0.2, 0) is 0 Å². The van der Waals surface area contributed by atoms with Gasteiger partial charge in [-0.25, -0.2) is 0 Å². The van der Waals surface area contributed by atoms with Crippen molar-refractivity contribution in [2.75, 3.05) is 0 Å². The van der Waals surface area contributed by atoms with Crippen molar-refractivity contribution in [1.82, 2.24) is 14.6 Å². The van der Waals surface area contributed by atoms with E-state index in [4.69, 9.17) is 16.0 Å². The van der Waals surface area contributed by atoms with Crippen molar-refractivity contribution < 1.29 is 4.42 Å². The third-order valence-electron chi connectivity index (χ3n) is 3.10. The first-order valence-electron chi connectivity index (χ1n) is 6.41. The van der Waals surface area contributed by atoms with E-state index in [2.05, 4.69) is 10.1 Å². The second kappa shape index (κ2) is 5.08. The van der Waals surface area contributed by atoms with Gasteiger partial charge in [0.25, 0.3) is 5.56 Å². The van der Waals surface area contributed by atoms with Gasteiger partial charge in [-0.2, -0.15) is 9.50 Å². The molecule has 4 aromatic rings. The second-order valence-corrected chi connectivity index (χ2v) is 6.01. The minimum Gasteiger partial charge on any atom is -0.465 e. The van der Waals surface area contributed by atoms with E-state index in [0.29, 0.717) is 26.1 Å². The van der Waals surface area contributed by atoms with Crippen molar-refractivity contribution in [3.8, 4) is 11.4 Å². The highest BCUT2D eigenvalue weighted by Gasteiger charge is 2.12. The third-order valence-corrected chi connectivity index (χ3v) is 4.31. The Kier molecular flexibility index (Phi) is 3.06. The molecule has 0 saturated heterocycles. The van der Waals surface area contributed by atoms with Gasteiger partial charge < -0.3 is 4.42 Å². The van der Waals surface area contributed by atoms with Gasteiger partial charge in [0.1, 0.15) is 10.3 Å². The van der Waals surface area contributed by atoms with Gasteiger partial charge in [0.2, 0.25) is 4.96 Å². The van der Waals surface area contributed by atoms with E-state index in [1.54, 1.807) is 36.6 Å². The van der Waals surface area contributed by atoms with Crippen LogP contribution in [0.3, 0.4) is 0 Å². The summed E-state index contributed by atoms with van der Waals surface area (Å²) >= 11 is 7.14. The molecule has 0 aliphatic carbocycles. The predicted molar refractivity (Wildman–Crippen MR) is 85.1 cm³/mol. The number of hydrogen-bond donors (Lipinski definition) is 0. The van der Waals surface area contributed by atoms with Crippen molar-refractivity contribution in [2.24, 2.45) is 0 Å². The fraction of sp³-hybridized carbons (Fsp3) is 0. The summed E-state index contributed by atoms with van der Waals surface area (Å²) in [6, 6.07) is 10.7. The zero-order chi connectivity index (χ0) is 15.1. The Bertz CT molecular complexity index is 1050. The molecule has 0 N–H and O–H groups in total. The molecule has 4 rings (SSSR count). The lowest BCUT2D eigenvalue weighted by Crippen LogP contribution is -2.23. The van der Waals surface area contributed by atoms with Gasteiger partial charge in [-0.1, -0.05) is 22.9 Å². The third kappa shape index (κ3) is 2.22. The zero-order valence-electron chi connectivity index (χ0n) is 11.1. The summed E-state index contributed by atoms with van der Waals surface area (Å²) < 4.78 is 7.06. The van der Waals surface area contributed by atoms with Gasteiger partial charge in [0.05, 0.1) is 6.26 Å². The van der Waals surface area contributed by atoms with Crippen molar-refractivity contribution in [3.05, 3.63) is 68.3 Å². The van der Waals surface area contributed by atoms with Gasteiger partial charge in [-0.15, -0.1) is 5.10 Å². The topological polar surface area (TPSA) is 60.4 Å². The first-order chi connectivity index (χ1) is 10.7. The van der Waals surface area contributed by atoms with E-state index >= 15 is 0 Å². The Hall–Kier alpha value is -2.44. The van der Waals surface area contributed by atoms with E-state index in [9.17, 15) is 4.79 Å². The molecule has 7 heteroatoms. The summed E-state index contributed by atoms with van der Waals surface area (Å²) in [5.41, 5.74) is 0.611. The molecule has 22 heavy (non-hydrogen) atoms. The lowest BCUT2D eigenvalue weighted by molar-refractivity contribution is 0.556. The first kappa shape index (κ1) is 13.2. The standard InChI is InChI=1S/C15H8ClN3O2S/c16-10-5-3-9(4-6-10)13-17-15-19(18-13)14(20)12(22-15)8-11-2-1-7-21-11/h1-8H/b12-8-. The molecule has 0 atom stereocenters. The smallest absolute Gasteiger partial charge is 0.291 e. The van der Waals surface area contributed by atoms with Crippen molar-refractivity contribution >= 4 is 34.0 Å². The summed E-state index contributed by atoms with van der Waals surface area (Å²) in [6.45, 7) is 0. The highest BCUT2D eigenvalue weighted by Crippen LogP contribution is 2.19. The van der Waals surface area contributed by atoms with Crippen LogP contribution in [0.25, 0.3) is 22.4 Å². The first-order valence-corrected chi connectivity index (χ1v) is 7.61. The van der Waals surface area contributed by atoms with Gasteiger partial charge in [0, 0.05) is 16.7 Å². The minimum atomic E-state index is -0.205. The largest absolute Gasteiger partial charge is 0.465 e. The molecule has 0 saturated carbocycles. The molecule has 0 aliphatic rings. The molecule has 1 aromatic carbocycles. The SMILES string of the molecule is O=c1/c(=C/c2ccco2)sc2nc(-c3ccc(Cl)cc3)nn12. The quantitative estimate of drug-likeness (QED) is 0.567. The molecule has 108 valence electrons. The maximum atomic E-state index is 12.3. The van der Waals surface area contributed by atoms with Crippen LogP contribution in [-0.4, -0.2) is 14.6 Å². The van der Waals surface area contributed by atoms with Crippen LogP contribution >= 0.6 is 22.9 Å². The minimum absolute atomic E-state index is 0.205. The molecule has 0 bridgehead atoms. The van der Waals surface area contributed by atoms with Gasteiger partial charge in [-0.3, -0.25) is 4.79 Å². The molecule has 0 radical (unpaired) electrons. The number of halogens is 1. The molecule has 0 aliphatic heterocycles. The Morgan fingerprint density at radius 3 is 2.73 bits per heavy atom. The average molecular weight is 330 g/mol. The number of fused-ring (bicyclic) bond motifs is 1. The van der Waals surface area contributed by atoms with Crippen molar-refractivity contribution in [1.29, 1.82) is 0 Å². The normalized spacial score (nSPS) is 12.3. The Balaban J connectivity index is 1.84. The summed E-state index contributed by atoms with van der Waals surface area (Å²) in [7, 11) is 0. The molecule has 0 unspecified atom stereocenters. The fourth-order valence-corrected chi connectivity index (χ4v) is 3.07. The maximum Gasteiger partial charge on any atom is 0.291 e. The van der Waals surface area contributed by atoms with E-state index in [-0.39, 0.29) is 5.56 Å². The molecular formula is C15H8ClN3O2S. The number of thiazole rings is 1. The van der Waals surface area contributed by atoms with Gasteiger partial charge in [-0.05, 0) is 36.4 Å². The molecule has 0 spiro atoms. The highest BCUT2D eigenvalue weighted by atomic mass is 35.5. The van der Waals surface area contributed by atoms with Crippen molar-refractivity contribution in [2.45, 2.75) is 0 Å². The molecular weight excluding hydrogens is 322 g/mol. The number of benzene rings is 1. The Morgan fingerprint density at radius 2 is 2.05 bits per heavy atom. The molecule has 5 nitrogen and oxygen atoms in total. The fourth-order valence-electron chi connectivity index (χ4n) is 2.06. The van der Waals surface area contributed by atoms with Crippen LogP contribution in [0, 0.1) is 0 Å². The van der Waals surface area contributed by atoms with Crippen LogP contribution in [0.15, 0.2) is 51.9 Å².